The molecule has 2 heteroatoms. The molecule has 0 spiro atoms. The third kappa shape index (κ3) is 8.51. The van der Waals surface area contributed by atoms with Crippen LogP contribution >= 0.6 is 0 Å². The van der Waals surface area contributed by atoms with Gasteiger partial charge in [-0.2, -0.15) is 0 Å². The van der Waals surface area contributed by atoms with E-state index in [4.69, 9.17) is 4.43 Å². The fourth-order valence-corrected chi connectivity index (χ4v) is 3.49. The molecule has 0 saturated carbocycles. The van der Waals surface area contributed by atoms with Crippen molar-refractivity contribution in [2.75, 3.05) is 6.61 Å². The molecule has 0 aliphatic carbocycles. The molecule has 0 bridgehead atoms. The van der Waals surface area contributed by atoms with Gasteiger partial charge in [0, 0.05) is 6.61 Å². The summed E-state index contributed by atoms with van der Waals surface area (Å²) < 4.78 is 5.77. The van der Waals surface area contributed by atoms with Gasteiger partial charge in [0.2, 0.25) is 0 Å². The second-order valence-electron chi connectivity index (χ2n) is 4.35. The van der Waals surface area contributed by atoms with Crippen molar-refractivity contribution in [1.82, 2.24) is 0 Å². The van der Waals surface area contributed by atoms with E-state index >= 15 is 0 Å². The van der Waals surface area contributed by atoms with E-state index in [0.29, 0.717) is 0 Å². The summed E-state index contributed by atoms with van der Waals surface area (Å²) in [5.41, 5.74) is 0. The highest BCUT2D eigenvalue weighted by Gasteiger charge is 2.20. The van der Waals surface area contributed by atoms with Crippen LogP contribution in [0.2, 0.25) is 19.1 Å². The lowest BCUT2D eigenvalue weighted by Crippen LogP contribution is -2.29. The smallest absolute Gasteiger partial charge is 0.186 e. The maximum absolute atomic E-state index is 5.77. The summed E-state index contributed by atoms with van der Waals surface area (Å²) in [6.07, 6.45) is 9.63. The average Bonchev–Trinajstić information content (AvgIpc) is 2.11. The number of hydrogen-bond donors (Lipinski definition) is 0. The predicted octanol–water partition coefficient (Wildman–Crippen LogP) is 4.36. The molecule has 84 valence electrons. The average molecular weight is 214 g/mol. The second kappa shape index (κ2) is 8.24. The van der Waals surface area contributed by atoms with Crippen LogP contribution in [0.15, 0.2) is 12.2 Å². The molecular weight excluding hydrogens is 188 g/mol. The minimum atomic E-state index is -1.31. The van der Waals surface area contributed by atoms with Crippen LogP contribution in [0.1, 0.15) is 39.5 Å². The van der Waals surface area contributed by atoms with Gasteiger partial charge in [0.1, 0.15) is 0 Å². The molecule has 0 unspecified atom stereocenters. The van der Waals surface area contributed by atoms with Crippen LogP contribution in [0.5, 0.6) is 0 Å². The normalized spacial score (nSPS) is 12.6. The number of rotatable bonds is 8. The maximum atomic E-state index is 5.77. The lowest BCUT2D eigenvalue weighted by molar-refractivity contribution is 0.328. The van der Waals surface area contributed by atoms with Crippen LogP contribution in [-0.4, -0.2) is 14.9 Å². The predicted molar refractivity (Wildman–Crippen MR) is 67.2 cm³/mol. The molecular formula is C12H26OSi. The third-order valence-corrected chi connectivity index (χ3v) is 4.93. The van der Waals surface area contributed by atoms with Crippen molar-refractivity contribution in [2.24, 2.45) is 0 Å². The van der Waals surface area contributed by atoms with Gasteiger partial charge >= 0.3 is 0 Å². The molecule has 0 aliphatic rings. The lowest BCUT2D eigenvalue weighted by atomic mass is 10.2. The van der Waals surface area contributed by atoms with Gasteiger partial charge in [0.05, 0.1) is 0 Å². The quantitative estimate of drug-likeness (QED) is 0.331. The summed E-state index contributed by atoms with van der Waals surface area (Å²) in [6, 6.07) is 1.29. The first kappa shape index (κ1) is 13.9. The van der Waals surface area contributed by atoms with E-state index in [0.717, 1.165) is 6.61 Å². The first-order valence-electron chi connectivity index (χ1n) is 5.91. The van der Waals surface area contributed by atoms with Crippen LogP contribution in [0.25, 0.3) is 0 Å². The van der Waals surface area contributed by atoms with Crippen molar-refractivity contribution in [1.29, 1.82) is 0 Å². The Kier molecular flexibility index (Phi) is 8.19. The van der Waals surface area contributed by atoms with Crippen molar-refractivity contribution in [3.05, 3.63) is 12.2 Å². The topological polar surface area (TPSA) is 9.23 Å². The van der Waals surface area contributed by atoms with Crippen molar-refractivity contribution < 1.29 is 4.43 Å². The number of allylic oxidation sites excluding steroid dienone is 2. The third-order valence-electron chi connectivity index (χ3n) is 2.31. The molecule has 0 atom stereocenters. The summed E-state index contributed by atoms with van der Waals surface area (Å²) in [5.74, 6) is 0. The van der Waals surface area contributed by atoms with Gasteiger partial charge < -0.3 is 4.43 Å². The standard InChI is InChI=1S/C12H26OSi/c1-5-7-8-9-10-11-12-14(3,4)13-6-2/h8-9H,5-7,10-12H2,1-4H3. The van der Waals surface area contributed by atoms with Gasteiger partial charge in [-0.3, -0.25) is 0 Å². The van der Waals surface area contributed by atoms with Gasteiger partial charge in [-0.25, -0.2) is 0 Å². The zero-order valence-corrected chi connectivity index (χ0v) is 11.3. The highest BCUT2D eigenvalue weighted by molar-refractivity contribution is 6.71. The summed E-state index contributed by atoms with van der Waals surface area (Å²) in [6.45, 7) is 9.81. The molecule has 0 N–H and O–H groups in total. The van der Waals surface area contributed by atoms with Crippen LogP contribution in [0.3, 0.4) is 0 Å². The Morgan fingerprint density at radius 3 is 2.29 bits per heavy atom. The van der Waals surface area contributed by atoms with Gasteiger partial charge in [0.15, 0.2) is 8.32 Å². The first-order chi connectivity index (χ1) is 6.62. The fourth-order valence-electron chi connectivity index (χ4n) is 1.51. The Morgan fingerprint density at radius 1 is 1.07 bits per heavy atom. The molecule has 0 radical (unpaired) electrons. The number of hydrogen-bond acceptors (Lipinski definition) is 1. The van der Waals surface area contributed by atoms with E-state index in [1.165, 1.54) is 31.7 Å². The first-order valence-corrected chi connectivity index (χ1v) is 9.03. The van der Waals surface area contributed by atoms with E-state index in [1.807, 2.05) is 0 Å². The van der Waals surface area contributed by atoms with Crippen molar-refractivity contribution in [2.45, 2.75) is 58.7 Å². The molecule has 0 aliphatic heterocycles. The van der Waals surface area contributed by atoms with Crippen molar-refractivity contribution in [3.63, 3.8) is 0 Å². The highest BCUT2D eigenvalue weighted by atomic mass is 28.4. The van der Waals surface area contributed by atoms with Crippen LogP contribution < -0.4 is 0 Å². The van der Waals surface area contributed by atoms with E-state index < -0.39 is 8.32 Å². The molecule has 1 nitrogen and oxygen atoms in total. The van der Waals surface area contributed by atoms with E-state index in [1.54, 1.807) is 0 Å². The molecule has 14 heavy (non-hydrogen) atoms. The summed E-state index contributed by atoms with van der Waals surface area (Å²) in [4.78, 5) is 0. The molecule has 0 amide bonds. The summed E-state index contributed by atoms with van der Waals surface area (Å²) >= 11 is 0. The monoisotopic (exact) mass is 214 g/mol. The van der Waals surface area contributed by atoms with E-state index in [-0.39, 0.29) is 0 Å². The molecule has 0 rings (SSSR count). The second-order valence-corrected chi connectivity index (χ2v) is 8.65. The molecule has 0 aromatic carbocycles. The largest absolute Gasteiger partial charge is 0.418 e. The maximum Gasteiger partial charge on any atom is 0.186 e. The lowest BCUT2D eigenvalue weighted by Gasteiger charge is -2.21. The molecule has 0 aromatic heterocycles. The zero-order valence-electron chi connectivity index (χ0n) is 10.3. The summed E-state index contributed by atoms with van der Waals surface area (Å²) in [7, 11) is -1.31. The Bertz CT molecular complexity index is 152. The van der Waals surface area contributed by atoms with Crippen molar-refractivity contribution >= 4 is 8.32 Å². The Balaban J connectivity index is 3.43. The van der Waals surface area contributed by atoms with Gasteiger partial charge in [-0.1, -0.05) is 31.9 Å². The molecule has 0 aromatic rings. The van der Waals surface area contributed by atoms with Gasteiger partial charge in [-0.05, 0) is 38.9 Å². The van der Waals surface area contributed by atoms with Crippen molar-refractivity contribution in [3.8, 4) is 0 Å². The number of unbranched alkanes of at least 4 members (excludes halogenated alkanes) is 2. The van der Waals surface area contributed by atoms with Crippen LogP contribution in [-0.2, 0) is 4.43 Å². The fraction of sp³-hybridized carbons (Fsp3) is 0.833. The Morgan fingerprint density at radius 2 is 1.71 bits per heavy atom. The molecule has 0 fully saturated rings. The SMILES string of the molecule is CCCC=CCCC[Si](C)(C)OCC. The van der Waals surface area contributed by atoms with Crippen LogP contribution in [0.4, 0.5) is 0 Å². The van der Waals surface area contributed by atoms with Crippen LogP contribution in [0, 0.1) is 0 Å². The Labute approximate surface area is 90.7 Å². The van der Waals surface area contributed by atoms with Gasteiger partial charge in [0.25, 0.3) is 0 Å². The van der Waals surface area contributed by atoms with E-state index in [2.05, 4.69) is 39.1 Å². The molecule has 0 saturated heterocycles. The minimum absolute atomic E-state index is 0.880. The van der Waals surface area contributed by atoms with E-state index in [9.17, 15) is 0 Å². The highest BCUT2D eigenvalue weighted by Crippen LogP contribution is 2.15. The minimum Gasteiger partial charge on any atom is -0.418 e. The Hall–Kier alpha value is -0.0831. The summed E-state index contributed by atoms with van der Waals surface area (Å²) in [5, 5.41) is 0. The zero-order chi connectivity index (χ0) is 10.9. The van der Waals surface area contributed by atoms with Gasteiger partial charge in [-0.15, -0.1) is 0 Å². The molecule has 0 heterocycles.